The molecule has 2 rings (SSSR count). The lowest BCUT2D eigenvalue weighted by atomic mass is 10.1. The Hall–Kier alpha value is -3.15. The van der Waals surface area contributed by atoms with Gasteiger partial charge in [-0.05, 0) is 63.1 Å². The molecule has 6 heteroatoms. The molecule has 0 aliphatic heterocycles. The zero-order chi connectivity index (χ0) is 20.0. The number of ether oxygens (including phenoxy) is 2. The monoisotopic (exact) mass is 369 g/mol. The predicted molar refractivity (Wildman–Crippen MR) is 102 cm³/mol. The summed E-state index contributed by atoms with van der Waals surface area (Å²) in [5.74, 6) is -0.665. The molecule has 27 heavy (non-hydrogen) atoms. The van der Waals surface area contributed by atoms with Crippen molar-refractivity contribution in [1.29, 1.82) is 0 Å². The van der Waals surface area contributed by atoms with Gasteiger partial charge in [0.05, 0.1) is 0 Å². The van der Waals surface area contributed by atoms with E-state index in [1.54, 1.807) is 24.3 Å². The van der Waals surface area contributed by atoms with Crippen LogP contribution in [0.1, 0.15) is 35.3 Å². The van der Waals surface area contributed by atoms with Crippen LogP contribution in [0.2, 0.25) is 0 Å². The van der Waals surface area contributed by atoms with Crippen molar-refractivity contribution in [2.24, 2.45) is 0 Å². The van der Waals surface area contributed by atoms with E-state index in [2.05, 4.69) is 5.32 Å². The summed E-state index contributed by atoms with van der Waals surface area (Å²) in [5, 5.41) is 2.62. The molecule has 142 valence electrons. The van der Waals surface area contributed by atoms with Gasteiger partial charge < -0.3 is 14.8 Å². The maximum Gasteiger partial charge on any atom is 0.344 e. The third-order valence-electron chi connectivity index (χ3n) is 3.77. The summed E-state index contributed by atoms with van der Waals surface area (Å²) in [5.41, 5.74) is 3.00. The van der Waals surface area contributed by atoms with Crippen molar-refractivity contribution < 1.29 is 23.9 Å². The molecule has 2 aromatic rings. The average molecular weight is 369 g/mol. The van der Waals surface area contributed by atoms with Crippen LogP contribution in [0.15, 0.2) is 42.5 Å². The second kappa shape index (κ2) is 8.98. The Balaban J connectivity index is 1.87. The highest BCUT2D eigenvalue weighted by Gasteiger charge is 2.18. The Morgan fingerprint density at radius 1 is 1.04 bits per heavy atom. The maximum absolute atomic E-state index is 12.2. The number of benzene rings is 2. The minimum atomic E-state index is -0.999. The first-order valence-electron chi connectivity index (χ1n) is 8.57. The second-order valence-corrected chi connectivity index (χ2v) is 6.37. The smallest absolute Gasteiger partial charge is 0.344 e. The normalized spacial score (nSPS) is 11.4. The summed E-state index contributed by atoms with van der Waals surface area (Å²) >= 11 is 0. The van der Waals surface area contributed by atoms with Gasteiger partial charge in [-0.2, -0.15) is 0 Å². The summed E-state index contributed by atoms with van der Waals surface area (Å²) in [6.07, 6.45) is -0.999. The third-order valence-corrected chi connectivity index (χ3v) is 3.77. The van der Waals surface area contributed by atoms with Crippen molar-refractivity contribution in [1.82, 2.24) is 0 Å². The number of hydrogen-bond donors (Lipinski definition) is 1. The van der Waals surface area contributed by atoms with Gasteiger partial charge in [0, 0.05) is 11.3 Å². The first kappa shape index (κ1) is 20.2. The molecule has 0 heterocycles. The minimum absolute atomic E-state index is 0.103. The number of anilines is 1. The van der Waals surface area contributed by atoms with Crippen molar-refractivity contribution in [3.8, 4) is 5.75 Å². The van der Waals surface area contributed by atoms with Gasteiger partial charge in [-0.15, -0.1) is 0 Å². The van der Waals surface area contributed by atoms with E-state index in [0.29, 0.717) is 17.0 Å². The van der Waals surface area contributed by atoms with Gasteiger partial charge >= 0.3 is 5.97 Å². The van der Waals surface area contributed by atoms with Gasteiger partial charge in [0.1, 0.15) is 5.75 Å². The van der Waals surface area contributed by atoms with Gasteiger partial charge in [0.25, 0.3) is 5.91 Å². The van der Waals surface area contributed by atoms with E-state index in [0.717, 1.165) is 11.1 Å². The molecule has 0 aliphatic rings. The fourth-order valence-corrected chi connectivity index (χ4v) is 2.50. The van der Waals surface area contributed by atoms with Crippen molar-refractivity contribution in [3.63, 3.8) is 0 Å². The molecule has 0 bridgehead atoms. The Morgan fingerprint density at radius 2 is 1.70 bits per heavy atom. The van der Waals surface area contributed by atoms with E-state index in [4.69, 9.17) is 9.47 Å². The van der Waals surface area contributed by atoms with Crippen LogP contribution in [0.25, 0.3) is 0 Å². The molecule has 0 saturated heterocycles. The topological polar surface area (TPSA) is 81.7 Å². The fourth-order valence-electron chi connectivity index (χ4n) is 2.50. The average Bonchev–Trinajstić information content (AvgIpc) is 2.59. The highest BCUT2D eigenvalue weighted by molar-refractivity contribution is 5.98. The van der Waals surface area contributed by atoms with Gasteiger partial charge in [-0.1, -0.05) is 18.2 Å². The van der Waals surface area contributed by atoms with E-state index < -0.39 is 18.0 Å². The first-order valence-corrected chi connectivity index (χ1v) is 8.57. The van der Waals surface area contributed by atoms with Gasteiger partial charge in [0.15, 0.2) is 18.5 Å². The SMILES string of the molecule is CC(=O)c1cccc(NC(=O)[C@H](C)OC(=O)COc2cc(C)cc(C)c2)c1. The van der Waals surface area contributed by atoms with Crippen LogP contribution in [0.5, 0.6) is 5.75 Å². The molecule has 1 amide bonds. The van der Waals surface area contributed by atoms with Gasteiger partial charge in [0.2, 0.25) is 0 Å². The summed E-state index contributed by atoms with van der Waals surface area (Å²) < 4.78 is 10.5. The molecule has 0 spiro atoms. The quantitative estimate of drug-likeness (QED) is 0.597. The number of aryl methyl sites for hydroxylation is 2. The van der Waals surface area contributed by atoms with E-state index in [-0.39, 0.29) is 12.4 Å². The number of rotatable bonds is 7. The highest BCUT2D eigenvalue weighted by Crippen LogP contribution is 2.16. The molecule has 0 aromatic heterocycles. The van der Waals surface area contributed by atoms with Crippen molar-refractivity contribution >= 4 is 23.3 Å². The van der Waals surface area contributed by atoms with Gasteiger partial charge in [-0.25, -0.2) is 4.79 Å². The van der Waals surface area contributed by atoms with Crippen LogP contribution in [-0.2, 0) is 14.3 Å². The largest absolute Gasteiger partial charge is 0.482 e. The lowest BCUT2D eigenvalue weighted by Gasteiger charge is -2.14. The zero-order valence-electron chi connectivity index (χ0n) is 15.9. The molecular formula is C21H23NO5. The second-order valence-electron chi connectivity index (χ2n) is 6.37. The molecule has 1 atom stereocenters. The fraction of sp³-hybridized carbons (Fsp3) is 0.286. The standard InChI is InChI=1S/C21H23NO5/c1-13-8-14(2)10-19(9-13)26-12-20(24)27-16(4)21(25)22-18-7-5-6-17(11-18)15(3)23/h5-11,16H,12H2,1-4H3,(H,22,25)/t16-/m0/s1. The molecule has 0 aliphatic carbocycles. The van der Waals surface area contributed by atoms with Crippen molar-refractivity contribution in [2.45, 2.75) is 33.8 Å². The van der Waals surface area contributed by atoms with Crippen LogP contribution < -0.4 is 10.1 Å². The van der Waals surface area contributed by atoms with Crippen LogP contribution in [0, 0.1) is 13.8 Å². The number of Topliss-reactive ketones (excluding diaryl/α,β-unsaturated/α-hetero) is 1. The Kier molecular flexibility index (Phi) is 6.71. The van der Waals surface area contributed by atoms with E-state index in [1.165, 1.54) is 13.8 Å². The van der Waals surface area contributed by atoms with Gasteiger partial charge in [-0.3, -0.25) is 9.59 Å². The maximum atomic E-state index is 12.2. The van der Waals surface area contributed by atoms with Crippen molar-refractivity contribution in [2.75, 3.05) is 11.9 Å². The summed E-state index contributed by atoms with van der Waals surface area (Å²) in [4.78, 5) is 35.5. The van der Waals surface area contributed by atoms with E-state index in [1.807, 2.05) is 32.0 Å². The highest BCUT2D eigenvalue weighted by atomic mass is 16.6. The molecule has 1 N–H and O–H groups in total. The number of hydrogen-bond acceptors (Lipinski definition) is 5. The molecule has 0 fully saturated rings. The lowest BCUT2D eigenvalue weighted by Crippen LogP contribution is -2.31. The predicted octanol–water partition coefficient (Wildman–Crippen LogP) is 3.46. The number of nitrogens with one attached hydrogen (secondary N) is 1. The number of amides is 1. The van der Waals surface area contributed by atoms with Crippen molar-refractivity contribution in [3.05, 3.63) is 59.2 Å². The van der Waals surface area contributed by atoms with Crippen LogP contribution in [-0.4, -0.2) is 30.4 Å². The molecule has 0 unspecified atom stereocenters. The Bertz CT molecular complexity index is 839. The Morgan fingerprint density at radius 3 is 2.33 bits per heavy atom. The summed E-state index contributed by atoms with van der Waals surface area (Å²) in [6.45, 7) is 6.50. The number of ketones is 1. The number of esters is 1. The lowest BCUT2D eigenvalue weighted by molar-refractivity contribution is -0.155. The third kappa shape index (κ3) is 6.26. The van der Waals surface area contributed by atoms with Crippen LogP contribution in [0.4, 0.5) is 5.69 Å². The summed E-state index contributed by atoms with van der Waals surface area (Å²) in [7, 11) is 0. The number of carbonyl (C=O) groups is 3. The minimum Gasteiger partial charge on any atom is -0.482 e. The van der Waals surface area contributed by atoms with E-state index >= 15 is 0 Å². The zero-order valence-corrected chi connectivity index (χ0v) is 15.9. The molecule has 0 saturated carbocycles. The summed E-state index contributed by atoms with van der Waals surface area (Å²) in [6, 6.07) is 12.2. The first-order chi connectivity index (χ1) is 12.7. The van der Waals surface area contributed by atoms with Crippen LogP contribution in [0.3, 0.4) is 0 Å². The molecule has 6 nitrogen and oxygen atoms in total. The molecule has 2 aromatic carbocycles. The molecular weight excluding hydrogens is 346 g/mol. The Labute approximate surface area is 158 Å². The van der Waals surface area contributed by atoms with Crippen LogP contribution >= 0.6 is 0 Å². The number of carbonyl (C=O) groups excluding carboxylic acids is 3. The van der Waals surface area contributed by atoms with E-state index in [9.17, 15) is 14.4 Å². The molecule has 0 radical (unpaired) electrons.